The van der Waals surface area contributed by atoms with Crippen LogP contribution < -0.4 is 9.47 Å². The zero-order valence-electron chi connectivity index (χ0n) is 10.8. The summed E-state index contributed by atoms with van der Waals surface area (Å²) in [5, 5.41) is 8.48. The van der Waals surface area contributed by atoms with Gasteiger partial charge in [0, 0.05) is 12.0 Å². The molecule has 0 bridgehead atoms. The quantitative estimate of drug-likeness (QED) is 0.863. The average molecular weight is 280 g/mol. The summed E-state index contributed by atoms with van der Waals surface area (Å²) in [7, 11) is 3.25. The molecule has 0 aliphatic heterocycles. The maximum Gasteiger partial charge on any atom is 0.229 e. The Morgan fingerprint density at radius 3 is 2.63 bits per heavy atom. The van der Waals surface area contributed by atoms with Crippen LogP contribution in [0.3, 0.4) is 0 Å². The summed E-state index contributed by atoms with van der Waals surface area (Å²) in [4.78, 5) is 0. The zero-order chi connectivity index (χ0) is 13.4. The highest BCUT2D eigenvalue weighted by molar-refractivity contribution is 6.28. The van der Waals surface area contributed by atoms with Gasteiger partial charge in [-0.1, -0.05) is 0 Å². The number of nitrogens with zero attached hydrogens (tertiary/aromatic N) is 3. The molecule has 6 heteroatoms. The highest BCUT2D eigenvalue weighted by atomic mass is 35.5. The first-order chi connectivity index (χ1) is 9.24. The fourth-order valence-electron chi connectivity index (χ4n) is 2.08. The van der Waals surface area contributed by atoms with Crippen LogP contribution in [0.1, 0.15) is 24.6 Å². The smallest absolute Gasteiger partial charge is 0.229 e. The van der Waals surface area contributed by atoms with E-state index in [2.05, 4.69) is 10.2 Å². The molecule has 1 aliphatic rings. The van der Waals surface area contributed by atoms with Crippen LogP contribution in [0, 0.1) is 0 Å². The molecule has 1 aromatic heterocycles. The molecule has 3 rings (SSSR count). The number of halogens is 1. The Kier molecular flexibility index (Phi) is 3.06. The predicted octanol–water partition coefficient (Wildman–Crippen LogP) is 2.82. The molecule has 19 heavy (non-hydrogen) atoms. The van der Waals surface area contributed by atoms with E-state index in [9.17, 15) is 0 Å². The minimum Gasteiger partial charge on any atom is -0.497 e. The molecule has 1 fully saturated rings. The molecule has 5 nitrogen and oxygen atoms in total. The summed E-state index contributed by atoms with van der Waals surface area (Å²) in [6.45, 7) is 0. The Balaban J connectivity index is 2.17. The molecule has 100 valence electrons. The Bertz CT molecular complexity index is 608. The fraction of sp³-hybridized carbons (Fsp3) is 0.385. The van der Waals surface area contributed by atoms with Crippen molar-refractivity contribution in [1.82, 2.24) is 14.8 Å². The van der Waals surface area contributed by atoms with Gasteiger partial charge in [-0.3, -0.25) is 4.57 Å². The Morgan fingerprint density at radius 2 is 2.00 bits per heavy atom. The van der Waals surface area contributed by atoms with Crippen molar-refractivity contribution in [2.45, 2.75) is 18.8 Å². The summed E-state index contributed by atoms with van der Waals surface area (Å²) >= 11 is 6.17. The molecule has 1 aromatic carbocycles. The molecular formula is C13H14ClN3O2. The fourth-order valence-corrected chi connectivity index (χ4v) is 2.29. The first-order valence-electron chi connectivity index (χ1n) is 6.07. The molecule has 1 aliphatic carbocycles. The molecule has 0 radical (unpaired) electrons. The van der Waals surface area contributed by atoms with Crippen molar-refractivity contribution < 1.29 is 9.47 Å². The Labute approximate surface area is 116 Å². The summed E-state index contributed by atoms with van der Waals surface area (Å²) in [5.41, 5.74) is 0.804. The van der Waals surface area contributed by atoms with Gasteiger partial charge in [0.2, 0.25) is 5.28 Å². The molecule has 2 aromatic rings. The van der Waals surface area contributed by atoms with Crippen LogP contribution in [-0.2, 0) is 0 Å². The van der Waals surface area contributed by atoms with Crippen LogP contribution in [0.4, 0.5) is 0 Å². The van der Waals surface area contributed by atoms with Crippen molar-refractivity contribution in [3.05, 3.63) is 29.3 Å². The van der Waals surface area contributed by atoms with Gasteiger partial charge in [-0.05, 0) is 36.6 Å². The van der Waals surface area contributed by atoms with Crippen LogP contribution in [0.15, 0.2) is 18.2 Å². The normalized spacial score (nSPS) is 14.5. The monoisotopic (exact) mass is 279 g/mol. The molecular weight excluding hydrogens is 266 g/mol. The minimum absolute atomic E-state index is 0.341. The van der Waals surface area contributed by atoms with Crippen molar-refractivity contribution >= 4 is 11.6 Å². The van der Waals surface area contributed by atoms with Crippen molar-refractivity contribution in [1.29, 1.82) is 0 Å². The number of methoxy groups -OCH3 is 2. The Hall–Kier alpha value is -1.75. The highest BCUT2D eigenvalue weighted by Gasteiger charge is 2.31. The molecule has 0 amide bonds. The van der Waals surface area contributed by atoms with E-state index in [0.29, 0.717) is 17.0 Å². The van der Waals surface area contributed by atoms with Crippen molar-refractivity contribution in [3.8, 4) is 17.2 Å². The van der Waals surface area contributed by atoms with E-state index in [-0.39, 0.29) is 0 Å². The van der Waals surface area contributed by atoms with E-state index in [1.807, 2.05) is 22.8 Å². The third kappa shape index (κ3) is 2.14. The molecule has 0 N–H and O–H groups in total. The van der Waals surface area contributed by atoms with Gasteiger partial charge in [0.15, 0.2) is 0 Å². The second-order valence-corrected chi connectivity index (χ2v) is 4.81. The largest absolute Gasteiger partial charge is 0.497 e. The van der Waals surface area contributed by atoms with Crippen molar-refractivity contribution in [3.63, 3.8) is 0 Å². The van der Waals surface area contributed by atoms with E-state index >= 15 is 0 Å². The summed E-state index contributed by atoms with van der Waals surface area (Å²) in [6, 6.07) is 5.57. The third-order valence-electron chi connectivity index (χ3n) is 3.22. The van der Waals surface area contributed by atoms with Crippen LogP contribution in [-0.4, -0.2) is 29.0 Å². The Morgan fingerprint density at radius 1 is 1.21 bits per heavy atom. The summed E-state index contributed by atoms with van der Waals surface area (Å²) < 4.78 is 12.5. The molecule has 0 spiro atoms. The van der Waals surface area contributed by atoms with Crippen LogP contribution >= 0.6 is 11.6 Å². The van der Waals surface area contributed by atoms with Gasteiger partial charge in [0.05, 0.1) is 19.9 Å². The van der Waals surface area contributed by atoms with Crippen LogP contribution in [0.2, 0.25) is 5.28 Å². The lowest BCUT2D eigenvalue weighted by atomic mass is 10.2. The van der Waals surface area contributed by atoms with Gasteiger partial charge in [0.1, 0.15) is 17.3 Å². The third-order valence-corrected chi connectivity index (χ3v) is 3.46. The van der Waals surface area contributed by atoms with Crippen LogP contribution in [0.5, 0.6) is 11.5 Å². The van der Waals surface area contributed by atoms with Gasteiger partial charge >= 0.3 is 0 Å². The second-order valence-electron chi connectivity index (χ2n) is 4.47. The maximum absolute atomic E-state index is 6.17. The van der Waals surface area contributed by atoms with E-state index in [1.165, 1.54) is 0 Å². The van der Waals surface area contributed by atoms with Gasteiger partial charge in [-0.25, -0.2) is 0 Å². The zero-order valence-corrected chi connectivity index (χ0v) is 11.5. The van der Waals surface area contributed by atoms with Crippen molar-refractivity contribution in [2.75, 3.05) is 14.2 Å². The lowest BCUT2D eigenvalue weighted by molar-refractivity contribution is 0.401. The lowest BCUT2D eigenvalue weighted by Crippen LogP contribution is -2.03. The molecule has 1 saturated carbocycles. The highest BCUT2D eigenvalue weighted by Crippen LogP contribution is 2.42. The summed E-state index contributed by atoms with van der Waals surface area (Å²) in [5.74, 6) is 2.78. The summed E-state index contributed by atoms with van der Waals surface area (Å²) in [6.07, 6.45) is 2.25. The van der Waals surface area contributed by atoms with Gasteiger partial charge in [0.25, 0.3) is 0 Å². The van der Waals surface area contributed by atoms with E-state index < -0.39 is 0 Å². The van der Waals surface area contributed by atoms with Gasteiger partial charge < -0.3 is 9.47 Å². The second kappa shape index (κ2) is 4.74. The van der Waals surface area contributed by atoms with E-state index in [0.717, 1.165) is 30.1 Å². The first kappa shape index (κ1) is 12.3. The molecule has 0 saturated heterocycles. The maximum atomic E-state index is 6.17. The van der Waals surface area contributed by atoms with E-state index in [4.69, 9.17) is 21.1 Å². The van der Waals surface area contributed by atoms with E-state index in [1.54, 1.807) is 14.2 Å². The number of benzene rings is 1. The van der Waals surface area contributed by atoms with Gasteiger partial charge in [-0.2, -0.15) is 0 Å². The molecule has 0 atom stereocenters. The predicted molar refractivity (Wildman–Crippen MR) is 71.4 cm³/mol. The first-order valence-corrected chi connectivity index (χ1v) is 6.45. The molecule has 1 heterocycles. The minimum atomic E-state index is 0.341. The number of hydrogen-bond acceptors (Lipinski definition) is 4. The van der Waals surface area contributed by atoms with Gasteiger partial charge in [-0.15, -0.1) is 10.2 Å². The SMILES string of the molecule is COc1ccc(OC)c(-n2c(Cl)nnc2C2CC2)c1. The standard InChI is InChI=1S/C13H14ClN3O2/c1-18-9-5-6-11(19-2)10(7-9)17-12(8-3-4-8)15-16-13(17)14/h5-8H,3-4H2,1-2H3. The topological polar surface area (TPSA) is 49.2 Å². The number of ether oxygens (including phenoxy) is 2. The number of aromatic nitrogens is 3. The average Bonchev–Trinajstić information content (AvgIpc) is 3.21. The van der Waals surface area contributed by atoms with Crippen LogP contribution in [0.25, 0.3) is 5.69 Å². The number of rotatable bonds is 4. The molecule has 0 unspecified atom stereocenters. The van der Waals surface area contributed by atoms with Crippen molar-refractivity contribution in [2.24, 2.45) is 0 Å². The lowest BCUT2D eigenvalue weighted by Gasteiger charge is -2.13. The number of hydrogen-bond donors (Lipinski definition) is 0.